The number of rotatable bonds is 5. The molecule has 0 radical (unpaired) electrons. The first-order valence-corrected chi connectivity index (χ1v) is 7.12. The average Bonchev–Trinajstić information content (AvgIpc) is 3.14. The van der Waals surface area contributed by atoms with Crippen LogP contribution < -0.4 is 5.32 Å². The molecule has 1 amide bonds. The van der Waals surface area contributed by atoms with E-state index in [1.807, 2.05) is 36.5 Å². The van der Waals surface area contributed by atoms with E-state index in [2.05, 4.69) is 20.4 Å². The van der Waals surface area contributed by atoms with Crippen molar-refractivity contribution in [2.75, 3.05) is 0 Å². The predicted octanol–water partition coefficient (Wildman–Crippen LogP) is 1.99. The Morgan fingerprint density at radius 1 is 1.22 bits per heavy atom. The van der Waals surface area contributed by atoms with Crippen molar-refractivity contribution >= 4 is 12.0 Å². The number of hydrogen-bond donors (Lipinski definition) is 1. The van der Waals surface area contributed by atoms with Gasteiger partial charge in [-0.25, -0.2) is 9.67 Å². The van der Waals surface area contributed by atoms with Crippen molar-refractivity contribution in [1.29, 1.82) is 0 Å². The van der Waals surface area contributed by atoms with Gasteiger partial charge >= 0.3 is 0 Å². The van der Waals surface area contributed by atoms with E-state index in [1.54, 1.807) is 35.5 Å². The highest BCUT2D eigenvalue weighted by atomic mass is 16.1. The van der Waals surface area contributed by atoms with Crippen molar-refractivity contribution in [2.45, 2.75) is 6.54 Å². The van der Waals surface area contributed by atoms with Gasteiger partial charge in [-0.05, 0) is 41.5 Å². The largest absolute Gasteiger partial charge is 0.348 e. The summed E-state index contributed by atoms with van der Waals surface area (Å²) in [7, 11) is 0. The lowest BCUT2D eigenvalue weighted by atomic mass is 10.2. The first kappa shape index (κ1) is 14.6. The summed E-state index contributed by atoms with van der Waals surface area (Å²) in [5, 5.41) is 6.97. The van der Waals surface area contributed by atoms with E-state index >= 15 is 0 Å². The third-order valence-electron chi connectivity index (χ3n) is 3.13. The molecule has 6 heteroatoms. The van der Waals surface area contributed by atoms with Gasteiger partial charge in [-0.15, -0.1) is 0 Å². The maximum absolute atomic E-state index is 11.9. The maximum atomic E-state index is 11.9. The van der Waals surface area contributed by atoms with Gasteiger partial charge in [0.05, 0.1) is 0 Å². The van der Waals surface area contributed by atoms with E-state index in [0.29, 0.717) is 12.4 Å². The Bertz CT molecular complexity index is 797. The Labute approximate surface area is 133 Å². The fourth-order valence-electron chi connectivity index (χ4n) is 1.99. The SMILES string of the molecule is O=C(/C=C\c1cccnc1)NCc1ccnc(-n2cccn2)c1. The molecule has 1 N–H and O–H groups in total. The van der Waals surface area contributed by atoms with Gasteiger partial charge in [-0.2, -0.15) is 5.10 Å². The van der Waals surface area contributed by atoms with Crippen LogP contribution in [0.5, 0.6) is 0 Å². The van der Waals surface area contributed by atoms with Gasteiger partial charge in [0.1, 0.15) is 0 Å². The van der Waals surface area contributed by atoms with Crippen LogP contribution >= 0.6 is 0 Å². The van der Waals surface area contributed by atoms with E-state index in [4.69, 9.17) is 0 Å². The van der Waals surface area contributed by atoms with Gasteiger partial charge in [0.2, 0.25) is 5.91 Å². The van der Waals surface area contributed by atoms with Crippen molar-refractivity contribution in [1.82, 2.24) is 25.1 Å². The van der Waals surface area contributed by atoms with E-state index < -0.39 is 0 Å². The molecule has 0 fully saturated rings. The standard InChI is InChI=1S/C17H15N5O/c23-17(5-4-14-3-1-7-18-12-14)20-13-15-6-9-19-16(11-15)22-10-2-8-21-22/h1-12H,13H2,(H,20,23)/b5-4-. The second kappa shape index (κ2) is 7.13. The molecular weight excluding hydrogens is 290 g/mol. The van der Waals surface area contributed by atoms with Crippen LogP contribution in [0.1, 0.15) is 11.1 Å². The molecule has 3 aromatic heterocycles. The smallest absolute Gasteiger partial charge is 0.244 e. The van der Waals surface area contributed by atoms with Gasteiger partial charge in [0.15, 0.2) is 5.82 Å². The highest BCUT2D eigenvalue weighted by molar-refractivity contribution is 5.91. The maximum Gasteiger partial charge on any atom is 0.244 e. The average molecular weight is 305 g/mol. The fraction of sp³-hybridized carbons (Fsp3) is 0.0588. The van der Waals surface area contributed by atoms with Crippen LogP contribution in [0.3, 0.4) is 0 Å². The molecule has 0 aromatic carbocycles. The normalized spacial score (nSPS) is 10.8. The molecule has 0 aliphatic rings. The zero-order chi connectivity index (χ0) is 15.9. The Balaban J connectivity index is 1.59. The van der Waals surface area contributed by atoms with Crippen molar-refractivity contribution in [3.8, 4) is 5.82 Å². The van der Waals surface area contributed by atoms with Crippen molar-refractivity contribution < 1.29 is 4.79 Å². The summed E-state index contributed by atoms with van der Waals surface area (Å²) in [6, 6.07) is 9.29. The Hall–Kier alpha value is -3.28. The Morgan fingerprint density at radius 2 is 2.17 bits per heavy atom. The van der Waals surface area contributed by atoms with Crippen molar-refractivity contribution in [3.63, 3.8) is 0 Å². The lowest BCUT2D eigenvalue weighted by molar-refractivity contribution is -0.116. The number of nitrogens with one attached hydrogen (secondary N) is 1. The number of carbonyl (C=O) groups is 1. The molecule has 3 aromatic rings. The highest BCUT2D eigenvalue weighted by Gasteiger charge is 2.01. The zero-order valence-electron chi connectivity index (χ0n) is 12.3. The van der Waals surface area contributed by atoms with Crippen molar-refractivity contribution in [2.24, 2.45) is 0 Å². The third-order valence-corrected chi connectivity index (χ3v) is 3.13. The molecule has 0 saturated carbocycles. The van der Waals surface area contributed by atoms with Crippen LogP contribution in [0.4, 0.5) is 0 Å². The number of carbonyl (C=O) groups excluding carboxylic acids is 1. The van der Waals surface area contributed by atoms with Gasteiger partial charge < -0.3 is 5.32 Å². The highest BCUT2D eigenvalue weighted by Crippen LogP contribution is 2.06. The van der Waals surface area contributed by atoms with E-state index in [9.17, 15) is 4.79 Å². The minimum absolute atomic E-state index is 0.161. The van der Waals surface area contributed by atoms with Crippen LogP contribution in [-0.2, 0) is 11.3 Å². The summed E-state index contributed by atoms with van der Waals surface area (Å²) in [6.45, 7) is 0.424. The summed E-state index contributed by atoms with van der Waals surface area (Å²) < 4.78 is 1.67. The van der Waals surface area contributed by atoms with Crippen LogP contribution in [0, 0.1) is 0 Å². The van der Waals surface area contributed by atoms with Crippen LogP contribution in [0.15, 0.2) is 67.4 Å². The molecule has 0 unspecified atom stereocenters. The molecule has 3 heterocycles. The van der Waals surface area contributed by atoms with Crippen LogP contribution in [0.2, 0.25) is 0 Å². The molecule has 0 saturated heterocycles. The lowest BCUT2D eigenvalue weighted by Crippen LogP contribution is -2.20. The first-order valence-electron chi connectivity index (χ1n) is 7.12. The molecule has 0 bridgehead atoms. The minimum atomic E-state index is -0.161. The Morgan fingerprint density at radius 3 is 2.96 bits per heavy atom. The topological polar surface area (TPSA) is 72.7 Å². The lowest BCUT2D eigenvalue weighted by Gasteiger charge is -2.05. The monoisotopic (exact) mass is 305 g/mol. The molecule has 0 spiro atoms. The summed E-state index contributed by atoms with van der Waals surface area (Å²) >= 11 is 0. The predicted molar refractivity (Wildman–Crippen MR) is 86.5 cm³/mol. The molecular formula is C17H15N5O. The second-order valence-corrected chi connectivity index (χ2v) is 4.81. The molecule has 0 aliphatic heterocycles. The molecule has 0 atom stereocenters. The number of aromatic nitrogens is 4. The third kappa shape index (κ3) is 4.10. The fourth-order valence-corrected chi connectivity index (χ4v) is 1.99. The number of amides is 1. The van der Waals surface area contributed by atoms with Gasteiger partial charge in [0.25, 0.3) is 0 Å². The number of hydrogen-bond acceptors (Lipinski definition) is 4. The molecule has 0 aliphatic carbocycles. The zero-order valence-corrected chi connectivity index (χ0v) is 12.3. The molecule has 114 valence electrons. The quantitative estimate of drug-likeness (QED) is 0.732. The van der Waals surface area contributed by atoms with Crippen molar-refractivity contribution in [3.05, 3.63) is 78.5 Å². The van der Waals surface area contributed by atoms with Crippen LogP contribution in [-0.4, -0.2) is 25.7 Å². The van der Waals surface area contributed by atoms with Gasteiger partial charge in [-0.1, -0.05) is 6.07 Å². The minimum Gasteiger partial charge on any atom is -0.348 e. The number of nitrogens with zero attached hydrogens (tertiary/aromatic N) is 4. The Kier molecular flexibility index (Phi) is 4.54. The number of pyridine rings is 2. The summed E-state index contributed by atoms with van der Waals surface area (Å²) in [4.78, 5) is 20.1. The summed E-state index contributed by atoms with van der Waals surface area (Å²) in [5.41, 5.74) is 1.83. The summed E-state index contributed by atoms with van der Waals surface area (Å²) in [6.07, 6.45) is 11.8. The van der Waals surface area contributed by atoms with E-state index in [-0.39, 0.29) is 5.91 Å². The second-order valence-electron chi connectivity index (χ2n) is 4.81. The van der Waals surface area contributed by atoms with E-state index in [1.165, 1.54) is 6.08 Å². The van der Waals surface area contributed by atoms with E-state index in [0.717, 1.165) is 11.1 Å². The molecule has 6 nitrogen and oxygen atoms in total. The first-order chi connectivity index (χ1) is 11.3. The van der Waals surface area contributed by atoms with Gasteiger partial charge in [-0.3, -0.25) is 9.78 Å². The molecule has 3 rings (SSSR count). The molecule has 23 heavy (non-hydrogen) atoms. The van der Waals surface area contributed by atoms with Crippen LogP contribution in [0.25, 0.3) is 11.9 Å². The van der Waals surface area contributed by atoms with Gasteiger partial charge in [0, 0.05) is 43.6 Å². The summed E-state index contributed by atoms with van der Waals surface area (Å²) in [5.74, 6) is 0.555.